The van der Waals surface area contributed by atoms with Crippen LogP contribution >= 0.6 is 0 Å². The number of ether oxygens (including phenoxy) is 1. The molecular formula is C16H19F2NO2. The van der Waals surface area contributed by atoms with E-state index in [-0.39, 0.29) is 17.7 Å². The highest BCUT2D eigenvalue weighted by atomic mass is 19.3. The Morgan fingerprint density at radius 2 is 1.86 bits per heavy atom. The molecule has 1 aliphatic rings. The van der Waals surface area contributed by atoms with Gasteiger partial charge < -0.3 is 10.1 Å². The molecule has 114 valence electrons. The zero-order valence-corrected chi connectivity index (χ0v) is 11.7. The van der Waals surface area contributed by atoms with Crippen LogP contribution in [0.1, 0.15) is 37.7 Å². The number of benzene rings is 1. The minimum atomic E-state index is -2.83. The first-order valence-electron chi connectivity index (χ1n) is 7.17. The molecule has 1 aromatic carbocycles. The SMILES string of the molecule is O=C(C=Cc1ccc(OC(F)F)cc1)NC1CCCCC1. The van der Waals surface area contributed by atoms with Gasteiger partial charge in [0.25, 0.3) is 0 Å². The number of halogens is 2. The van der Waals surface area contributed by atoms with Gasteiger partial charge in [-0.25, -0.2) is 0 Å². The summed E-state index contributed by atoms with van der Waals surface area (Å²) < 4.78 is 28.3. The fourth-order valence-corrected chi connectivity index (χ4v) is 2.43. The van der Waals surface area contributed by atoms with E-state index in [1.807, 2.05) is 0 Å². The van der Waals surface area contributed by atoms with Crippen molar-refractivity contribution in [3.63, 3.8) is 0 Å². The third-order valence-electron chi connectivity index (χ3n) is 3.48. The second kappa shape index (κ2) is 7.76. The van der Waals surface area contributed by atoms with Gasteiger partial charge in [0.2, 0.25) is 5.91 Å². The maximum atomic E-state index is 12.0. The Morgan fingerprint density at radius 1 is 1.19 bits per heavy atom. The van der Waals surface area contributed by atoms with Crippen molar-refractivity contribution in [3.8, 4) is 5.75 Å². The molecule has 1 amide bonds. The maximum Gasteiger partial charge on any atom is 0.387 e. The van der Waals surface area contributed by atoms with Crippen molar-refractivity contribution in [2.24, 2.45) is 0 Å². The minimum absolute atomic E-state index is 0.105. The fraction of sp³-hybridized carbons (Fsp3) is 0.438. The van der Waals surface area contributed by atoms with Gasteiger partial charge in [-0.15, -0.1) is 0 Å². The van der Waals surface area contributed by atoms with E-state index in [0.29, 0.717) is 0 Å². The number of carbonyl (C=O) groups is 1. The molecule has 0 unspecified atom stereocenters. The molecule has 2 rings (SSSR count). The van der Waals surface area contributed by atoms with Crippen molar-refractivity contribution in [1.82, 2.24) is 5.32 Å². The highest BCUT2D eigenvalue weighted by Crippen LogP contribution is 2.18. The molecule has 1 N–H and O–H groups in total. The molecule has 0 radical (unpaired) electrons. The van der Waals surface area contributed by atoms with Crippen LogP contribution in [0.25, 0.3) is 6.08 Å². The van der Waals surface area contributed by atoms with Crippen molar-refractivity contribution in [1.29, 1.82) is 0 Å². The van der Waals surface area contributed by atoms with E-state index in [1.54, 1.807) is 18.2 Å². The van der Waals surface area contributed by atoms with Gasteiger partial charge in [0.15, 0.2) is 0 Å². The van der Waals surface area contributed by atoms with Crippen molar-refractivity contribution >= 4 is 12.0 Å². The quantitative estimate of drug-likeness (QED) is 0.840. The summed E-state index contributed by atoms with van der Waals surface area (Å²) in [6.07, 6.45) is 8.79. The lowest BCUT2D eigenvalue weighted by atomic mass is 9.95. The number of rotatable bonds is 5. The molecule has 0 atom stereocenters. The molecular weight excluding hydrogens is 276 g/mol. The predicted molar refractivity (Wildman–Crippen MR) is 77.1 cm³/mol. The van der Waals surface area contributed by atoms with Gasteiger partial charge >= 0.3 is 6.61 Å². The third-order valence-corrected chi connectivity index (χ3v) is 3.48. The summed E-state index contributed by atoms with van der Waals surface area (Å²) in [6, 6.07) is 6.43. The van der Waals surface area contributed by atoms with Gasteiger partial charge in [-0.2, -0.15) is 8.78 Å². The Hall–Kier alpha value is -1.91. The lowest BCUT2D eigenvalue weighted by Crippen LogP contribution is -2.34. The summed E-state index contributed by atoms with van der Waals surface area (Å²) in [6.45, 7) is -2.83. The molecule has 1 fully saturated rings. The standard InChI is InChI=1S/C16H19F2NO2/c17-16(18)21-14-9-6-12(7-10-14)8-11-15(20)19-13-4-2-1-3-5-13/h6-11,13,16H,1-5H2,(H,19,20). The molecule has 1 aromatic rings. The number of hydrogen-bond donors (Lipinski definition) is 1. The zero-order valence-electron chi connectivity index (χ0n) is 11.7. The van der Waals surface area contributed by atoms with Gasteiger partial charge in [-0.05, 0) is 36.6 Å². The van der Waals surface area contributed by atoms with Crippen molar-refractivity contribution < 1.29 is 18.3 Å². The van der Waals surface area contributed by atoms with Crippen LogP contribution in [-0.2, 0) is 4.79 Å². The van der Waals surface area contributed by atoms with Crippen LogP contribution in [0.15, 0.2) is 30.3 Å². The van der Waals surface area contributed by atoms with E-state index < -0.39 is 6.61 Å². The van der Waals surface area contributed by atoms with E-state index in [1.165, 1.54) is 37.5 Å². The Labute approximate surface area is 123 Å². The van der Waals surface area contributed by atoms with Crippen LogP contribution in [0.2, 0.25) is 0 Å². The summed E-state index contributed by atoms with van der Waals surface area (Å²) in [5.41, 5.74) is 0.760. The van der Waals surface area contributed by atoms with Crippen molar-refractivity contribution in [2.75, 3.05) is 0 Å². The summed E-state index contributed by atoms with van der Waals surface area (Å²) in [4.78, 5) is 11.8. The Morgan fingerprint density at radius 3 is 2.48 bits per heavy atom. The van der Waals surface area contributed by atoms with E-state index in [4.69, 9.17) is 0 Å². The first-order chi connectivity index (χ1) is 10.1. The average molecular weight is 295 g/mol. The molecule has 0 spiro atoms. The predicted octanol–water partition coefficient (Wildman–Crippen LogP) is 3.75. The topological polar surface area (TPSA) is 38.3 Å². The van der Waals surface area contributed by atoms with Crippen LogP contribution in [0, 0.1) is 0 Å². The molecule has 0 heterocycles. The van der Waals surface area contributed by atoms with Crippen LogP contribution in [-0.4, -0.2) is 18.6 Å². The van der Waals surface area contributed by atoms with Gasteiger partial charge in [-0.1, -0.05) is 31.4 Å². The van der Waals surface area contributed by atoms with Crippen LogP contribution in [0.3, 0.4) is 0 Å². The Balaban J connectivity index is 1.83. The summed E-state index contributed by atoms with van der Waals surface area (Å²) in [7, 11) is 0. The second-order valence-corrected chi connectivity index (χ2v) is 5.12. The van der Waals surface area contributed by atoms with Gasteiger partial charge in [-0.3, -0.25) is 4.79 Å². The fourth-order valence-electron chi connectivity index (χ4n) is 2.43. The average Bonchev–Trinajstić information content (AvgIpc) is 2.47. The smallest absolute Gasteiger partial charge is 0.387 e. The van der Waals surface area contributed by atoms with Gasteiger partial charge in [0.05, 0.1) is 0 Å². The zero-order chi connectivity index (χ0) is 15.1. The summed E-state index contributed by atoms with van der Waals surface area (Å²) in [5, 5.41) is 2.98. The van der Waals surface area contributed by atoms with Gasteiger partial charge in [0, 0.05) is 12.1 Å². The number of alkyl halides is 2. The lowest BCUT2D eigenvalue weighted by Gasteiger charge is -2.21. The maximum absolute atomic E-state index is 12.0. The molecule has 3 nitrogen and oxygen atoms in total. The second-order valence-electron chi connectivity index (χ2n) is 5.12. The normalized spacial score (nSPS) is 16.3. The van der Waals surface area contributed by atoms with E-state index >= 15 is 0 Å². The van der Waals surface area contributed by atoms with Crippen LogP contribution in [0.4, 0.5) is 8.78 Å². The molecule has 0 aromatic heterocycles. The number of hydrogen-bond acceptors (Lipinski definition) is 2. The molecule has 5 heteroatoms. The highest BCUT2D eigenvalue weighted by Gasteiger charge is 2.14. The molecule has 1 saturated carbocycles. The third kappa shape index (κ3) is 5.53. The summed E-state index contributed by atoms with van der Waals surface area (Å²) in [5.74, 6) is -0.0105. The van der Waals surface area contributed by atoms with Crippen LogP contribution < -0.4 is 10.1 Å². The van der Waals surface area contributed by atoms with E-state index in [2.05, 4.69) is 10.1 Å². The molecule has 0 bridgehead atoms. The van der Waals surface area contributed by atoms with E-state index in [0.717, 1.165) is 18.4 Å². The monoisotopic (exact) mass is 295 g/mol. The summed E-state index contributed by atoms with van der Waals surface area (Å²) >= 11 is 0. The van der Waals surface area contributed by atoms with Crippen molar-refractivity contribution in [2.45, 2.75) is 44.8 Å². The van der Waals surface area contributed by atoms with Crippen LogP contribution in [0.5, 0.6) is 5.75 Å². The van der Waals surface area contributed by atoms with Gasteiger partial charge in [0.1, 0.15) is 5.75 Å². The first-order valence-corrected chi connectivity index (χ1v) is 7.17. The largest absolute Gasteiger partial charge is 0.435 e. The lowest BCUT2D eigenvalue weighted by molar-refractivity contribution is -0.117. The first kappa shape index (κ1) is 15.5. The molecule has 0 aliphatic heterocycles. The number of nitrogens with one attached hydrogen (secondary N) is 1. The Kier molecular flexibility index (Phi) is 5.72. The molecule has 1 aliphatic carbocycles. The number of amides is 1. The number of carbonyl (C=O) groups excluding carboxylic acids is 1. The highest BCUT2D eigenvalue weighted by molar-refractivity contribution is 5.91. The van der Waals surface area contributed by atoms with Crippen molar-refractivity contribution in [3.05, 3.63) is 35.9 Å². The molecule has 0 saturated heterocycles. The van der Waals surface area contributed by atoms with E-state index in [9.17, 15) is 13.6 Å². The molecule has 21 heavy (non-hydrogen) atoms. The minimum Gasteiger partial charge on any atom is -0.435 e. The Bertz CT molecular complexity index is 480.